The zero-order chi connectivity index (χ0) is 35.6. The zero-order valence-electron chi connectivity index (χ0n) is 29.8. The first-order valence-electron chi connectivity index (χ1n) is 19.0. The number of rotatable bonds is 5. The van der Waals surface area contributed by atoms with Crippen LogP contribution in [0.25, 0.3) is 88.9 Å². The molecule has 256 valence electrons. The summed E-state index contributed by atoms with van der Waals surface area (Å²) in [6.45, 7) is 0. The maximum Gasteiger partial charge on any atom is 0.0893 e. The van der Waals surface area contributed by atoms with E-state index in [0.717, 1.165) is 46.0 Å². The highest BCUT2D eigenvalue weighted by Crippen LogP contribution is 2.43. The molecule has 0 amide bonds. The van der Waals surface area contributed by atoms with Crippen LogP contribution in [0.3, 0.4) is 0 Å². The molecule has 0 bridgehead atoms. The largest absolute Gasteiger partial charge is 0.309 e. The molecule has 0 aliphatic heterocycles. The van der Waals surface area contributed by atoms with Gasteiger partial charge in [0.25, 0.3) is 0 Å². The first-order chi connectivity index (χ1) is 26.8. The molecule has 0 N–H and O–H groups in total. The second-order valence-electron chi connectivity index (χ2n) is 14.5. The van der Waals surface area contributed by atoms with E-state index in [-0.39, 0.29) is 0 Å². The fourth-order valence-electron chi connectivity index (χ4n) is 8.79. The number of pyridine rings is 2. The molecular weight excluding hydrogens is 657 g/mol. The topological polar surface area (TPSA) is 35.6 Å². The van der Waals surface area contributed by atoms with Gasteiger partial charge in [-0.1, -0.05) is 97.1 Å². The van der Waals surface area contributed by atoms with Crippen molar-refractivity contribution < 1.29 is 0 Å². The Morgan fingerprint density at radius 3 is 1.81 bits per heavy atom. The van der Waals surface area contributed by atoms with Crippen LogP contribution in [0.4, 0.5) is 0 Å². The Labute approximate surface area is 313 Å². The first-order valence-corrected chi connectivity index (χ1v) is 19.0. The lowest BCUT2D eigenvalue weighted by atomic mass is 9.91. The van der Waals surface area contributed by atoms with Gasteiger partial charge in [-0.15, -0.1) is 0 Å². The lowest BCUT2D eigenvalue weighted by Crippen LogP contribution is -2.04. The zero-order valence-corrected chi connectivity index (χ0v) is 29.8. The highest BCUT2D eigenvalue weighted by Gasteiger charge is 2.22. The van der Waals surface area contributed by atoms with Crippen LogP contribution in [0, 0.1) is 0 Å². The molecule has 0 saturated carbocycles. The summed E-state index contributed by atoms with van der Waals surface area (Å²) in [5.41, 5.74) is 15.9. The smallest absolute Gasteiger partial charge is 0.0893 e. The normalized spacial score (nSPS) is 12.9. The van der Waals surface area contributed by atoms with Gasteiger partial charge in [0.15, 0.2) is 0 Å². The number of fused-ring (bicyclic) bond motifs is 8. The van der Waals surface area contributed by atoms with E-state index in [1.165, 1.54) is 79.7 Å². The fraction of sp³-hybridized carbons (Fsp3) is 0.0800. The summed E-state index contributed by atoms with van der Waals surface area (Å²) >= 11 is 0. The summed E-state index contributed by atoms with van der Waals surface area (Å²) in [5, 5.41) is 4.96. The van der Waals surface area contributed by atoms with Gasteiger partial charge in [0.2, 0.25) is 0 Å². The van der Waals surface area contributed by atoms with Crippen molar-refractivity contribution in [3.8, 4) is 45.3 Å². The third-order valence-electron chi connectivity index (χ3n) is 11.3. The Morgan fingerprint density at radius 2 is 1.02 bits per heavy atom. The van der Waals surface area contributed by atoms with Crippen LogP contribution >= 0.6 is 0 Å². The van der Waals surface area contributed by atoms with E-state index in [4.69, 9.17) is 9.97 Å². The predicted octanol–water partition coefficient (Wildman–Crippen LogP) is 12.6. The molecule has 0 atom stereocenters. The second kappa shape index (κ2) is 12.4. The Balaban J connectivity index is 1.17. The van der Waals surface area contributed by atoms with E-state index >= 15 is 0 Å². The molecule has 4 heteroatoms. The van der Waals surface area contributed by atoms with Crippen molar-refractivity contribution in [3.63, 3.8) is 0 Å². The van der Waals surface area contributed by atoms with Crippen molar-refractivity contribution in [1.82, 2.24) is 19.1 Å². The van der Waals surface area contributed by atoms with Gasteiger partial charge in [0, 0.05) is 44.0 Å². The van der Waals surface area contributed by atoms with Gasteiger partial charge in [0.1, 0.15) is 0 Å². The molecule has 0 unspecified atom stereocenters. The lowest BCUT2D eigenvalue weighted by Gasteiger charge is -2.18. The predicted molar refractivity (Wildman–Crippen MR) is 224 cm³/mol. The number of aryl methyl sites for hydroxylation is 2. The van der Waals surface area contributed by atoms with Gasteiger partial charge in [-0.05, 0) is 110 Å². The van der Waals surface area contributed by atoms with Crippen molar-refractivity contribution in [3.05, 3.63) is 181 Å². The minimum absolute atomic E-state index is 0.855. The van der Waals surface area contributed by atoms with Gasteiger partial charge in [-0.3, -0.25) is 0 Å². The van der Waals surface area contributed by atoms with Crippen LogP contribution in [0.15, 0.2) is 170 Å². The molecule has 11 rings (SSSR count). The van der Waals surface area contributed by atoms with Gasteiger partial charge in [-0.25, -0.2) is 9.97 Å². The summed E-state index contributed by atoms with van der Waals surface area (Å²) in [6.07, 6.45) is 4.84. The number of para-hydroxylation sites is 2. The number of hydrogen-bond acceptors (Lipinski definition) is 2. The molecule has 4 nitrogen and oxygen atoms in total. The molecule has 1 aliphatic rings. The molecular formula is C50H36N4. The molecule has 6 aromatic carbocycles. The van der Waals surface area contributed by atoms with Gasteiger partial charge in [-0.2, -0.15) is 0 Å². The van der Waals surface area contributed by atoms with Crippen molar-refractivity contribution >= 4 is 43.6 Å². The minimum Gasteiger partial charge on any atom is -0.309 e. The molecule has 54 heavy (non-hydrogen) atoms. The summed E-state index contributed by atoms with van der Waals surface area (Å²) in [5.74, 6) is 0. The van der Waals surface area contributed by atoms with Crippen LogP contribution in [-0.4, -0.2) is 19.1 Å². The summed E-state index contributed by atoms with van der Waals surface area (Å²) < 4.78 is 4.94. The highest BCUT2D eigenvalue weighted by atomic mass is 15.0. The Hall–Kier alpha value is -6.78. The van der Waals surface area contributed by atoms with Crippen LogP contribution in [0.1, 0.15) is 24.0 Å². The molecule has 0 radical (unpaired) electrons. The molecule has 0 spiro atoms. The highest BCUT2D eigenvalue weighted by molar-refractivity contribution is 6.26. The van der Waals surface area contributed by atoms with Crippen molar-refractivity contribution in [1.29, 1.82) is 0 Å². The Morgan fingerprint density at radius 1 is 0.370 bits per heavy atom. The molecule has 0 fully saturated rings. The summed E-state index contributed by atoms with van der Waals surface area (Å²) in [6, 6.07) is 61.1. The van der Waals surface area contributed by atoms with E-state index in [9.17, 15) is 0 Å². The standard InChI is InChI=1S/C50H36N4/c1-3-14-34(15-4-1)42-20-11-22-44(51-42)45-23-12-21-43(52-45)36-26-29-47-41(32-36)49-48(53(47)38-27-25-33-13-7-8-16-35(33)31-38)30-28-40-39-19-9-10-24-46(39)54(50(40)49)37-17-5-2-6-18-37/h1-6,9-12,14-15,17-32H,7-8,13,16H2. The molecule has 0 saturated heterocycles. The van der Waals surface area contributed by atoms with Gasteiger partial charge >= 0.3 is 0 Å². The Kier molecular flexibility index (Phi) is 7.09. The van der Waals surface area contributed by atoms with E-state index in [1.54, 1.807) is 0 Å². The summed E-state index contributed by atoms with van der Waals surface area (Å²) in [4.78, 5) is 10.3. The average Bonchev–Trinajstić information content (AvgIpc) is 3.77. The quantitative estimate of drug-likeness (QED) is 0.180. The first kappa shape index (κ1) is 30.8. The maximum atomic E-state index is 5.24. The number of benzene rings is 6. The average molecular weight is 693 g/mol. The SMILES string of the molecule is c1ccc(-c2cccc(-c3cccc(-c4ccc5c(c4)c4c(ccc6c7ccccc7n(-c7ccccc7)c64)n5-c4ccc5c(c4)CCCC5)n3)n2)cc1. The minimum atomic E-state index is 0.855. The summed E-state index contributed by atoms with van der Waals surface area (Å²) in [7, 11) is 0. The van der Waals surface area contributed by atoms with Gasteiger partial charge < -0.3 is 9.13 Å². The van der Waals surface area contributed by atoms with E-state index < -0.39 is 0 Å². The second-order valence-corrected chi connectivity index (χ2v) is 14.5. The third-order valence-corrected chi connectivity index (χ3v) is 11.3. The molecule has 1 aliphatic carbocycles. The van der Waals surface area contributed by atoms with Crippen LogP contribution in [0.2, 0.25) is 0 Å². The molecule has 4 heterocycles. The lowest BCUT2D eigenvalue weighted by molar-refractivity contribution is 0.685. The maximum absolute atomic E-state index is 5.24. The third kappa shape index (κ3) is 4.91. The van der Waals surface area contributed by atoms with Gasteiger partial charge in [0.05, 0.1) is 44.8 Å². The molecule has 10 aromatic rings. The van der Waals surface area contributed by atoms with Crippen LogP contribution < -0.4 is 0 Å². The fourth-order valence-corrected chi connectivity index (χ4v) is 8.79. The van der Waals surface area contributed by atoms with Crippen LogP contribution in [-0.2, 0) is 12.8 Å². The van der Waals surface area contributed by atoms with Crippen molar-refractivity contribution in [2.75, 3.05) is 0 Å². The van der Waals surface area contributed by atoms with E-state index in [0.29, 0.717) is 0 Å². The van der Waals surface area contributed by atoms with Crippen LogP contribution in [0.5, 0.6) is 0 Å². The van der Waals surface area contributed by atoms with E-state index in [1.807, 2.05) is 12.1 Å². The molecule has 4 aromatic heterocycles. The number of hydrogen-bond donors (Lipinski definition) is 0. The van der Waals surface area contributed by atoms with Crippen molar-refractivity contribution in [2.45, 2.75) is 25.7 Å². The monoisotopic (exact) mass is 692 g/mol. The Bertz CT molecular complexity index is 3040. The number of aromatic nitrogens is 4. The van der Waals surface area contributed by atoms with Crippen molar-refractivity contribution in [2.24, 2.45) is 0 Å². The van der Waals surface area contributed by atoms with E-state index in [2.05, 4.69) is 167 Å². The number of nitrogens with zero attached hydrogens (tertiary/aromatic N) is 4.